The molecule has 0 fully saturated rings. The van der Waals surface area contributed by atoms with Gasteiger partial charge < -0.3 is 14.2 Å². The van der Waals surface area contributed by atoms with Gasteiger partial charge in [-0.3, -0.25) is 4.79 Å². The molecule has 0 amide bonds. The number of imidazole rings is 1. The van der Waals surface area contributed by atoms with E-state index >= 15 is 0 Å². The van der Waals surface area contributed by atoms with Gasteiger partial charge >= 0.3 is 11.9 Å². The molecule has 0 aliphatic carbocycles. The highest BCUT2D eigenvalue weighted by Crippen LogP contribution is 2.09. The van der Waals surface area contributed by atoms with Crippen molar-refractivity contribution in [2.24, 2.45) is 0 Å². The SMILES string of the molecule is COC(=O)Cc1cn2ccc(C(=O)O)cc2n1. The zero-order valence-corrected chi connectivity index (χ0v) is 9.08. The molecule has 0 radical (unpaired) electrons. The summed E-state index contributed by atoms with van der Waals surface area (Å²) in [4.78, 5) is 26.0. The van der Waals surface area contributed by atoms with Crippen LogP contribution >= 0.6 is 0 Å². The third kappa shape index (κ3) is 2.25. The maximum atomic E-state index is 11.1. The van der Waals surface area contributed by atoms with E-state index in [4.69, 9.17) is 5.11 Å². The van der Waals surface area contributed by atoms with E-state index < -0.39 is 5.97 Å². The number of fused-ring (bicyclic) bond motifs is 1. The third-order valence-corrected chi connectivity index (χ3v) is 2.31. The van der Waals surface area contributed by atoms with Crippen molar-refractivity contribution in [3.8, 4) is 0 Å². The number of aromatic nitrogens is 2. The Labute approximate surface area is 96.5 Å². The minimum Gasteiger partial charge on any atom is -0.478 e. The summed E-state index contributed by atoms with van der Waals surface area (Å²) in [6.07, 6.45) is 3.32. The summed E-state index contributed by atoms with van der Waals surface area (Å²) in [5.41, 5.74) is 1.19. The van der Waals surface area contributed by atoms with E-state index in [0.717, 1.165) is 0 Å². The van der Waals surface area contributed by atoms with Crippen LogP contribution in [-0.4, -0.2) is 33.5 Å². The standard InChI is InChI=1S/C11H10N2O4/c1-17-10(14)5-8-6-13-3-2-7(11(15)16)4-9(13)12-8/h2-4,6H,5H2,1H3,(H,15,16). The van der Waals surface area contributed by atoms with Crippen LogP contribution in [0.3, 0.4) is 0 Å². The molecule has 1 N–H and O–H groups in total. The molecule has 6 heteroatoms. The van der Waals surface area contributed by atoms with Gasteiger partial charge in [0, 0.05) is 12.4 Å². The number of esters is 1. The molecule has 0 bridgehead atoms. The topological polar surface area (TPSA) is 80.9 Å². The van der Waals surface area contributed by atoms with Crippen molar-refractivity contribution in [2.45, 2.75) is 6.42 Å². The molecule has 0 saturated heterocycles. The Morgan fingerprint density at radius 1 is 1.53 bits per heavy atom. The molecule has 6 nitrogen and oxygen atoms in total. The molecule has 88 valence electrons. The van der Waals surface area contributed by atoms with Crippen LogP contribution in [0.25, 0.3) is 5.65 Å². The van der Waals surface area contributed by atoms with E-state index in [1.54, 1.807) is 16.8 Å². The molecule has 17 heavy (non-hydrogen) atoms. The van der Waals surface area contributed by atoms with E-state index in [1.807, 2.05) is 0 Å². The second kappa shape index (κ2) is 4.25. The van der Waals surface area contributed by atoms with Gasteiger partial charge in [-0.1, -0.05) is 0 Å². The quantitative estimate of drug-likeness (QED) is 0.792. The van der Waals surface area contributed by atoms with E-state index in [1.165, 1.54) is 19.2 Å². The van der Waals surface area contributed by atoms with Crippen molar-refractivity contribution in [3.05, 3.63) is 35.8 Å². The minimum atomic E-state index is -1.01. The van der Waals surface area contributed by atoms with Crippen LogP contribution in [0.15, 0.2) is 24.5 Å². The fourth-order valence-corrected chi connectivity index (χ4v) is 1.47. The van der Waals surface area contributed by atoms with Gasteiger partial charge in [0.1, 0.15) is 5.65 Å². The van der Waals surface area contributed by atoms with Gasteiger partial charge in [-0.05, 0) is 12.1 Å². The highest BCUT2D eigenvalue weighted by molar-refractivity contribution is 5.88. The zero-order chi connectivity index (χ0) is 12.4. The minimum absolute atomic E-state index is 0.0700. The van der Waals surface area contributed by atoms with Gasteiger partial charge in [0.15, 0.2) is 0 Å². The van der Waals surface area contributed by atoms with Crippen LogP contribution in [0.2, 0.25) is 0 Å². The van der Waals surface area contributed by atoms with E-state index in [2.05, 4.69) is 9.72 Å². The normalized spacial score (nSPS) is 10.4. The zero-order valence-electron chi connectivity index (χ0n) is 9.08. The first-order valence-electron chi connectivity index (χ1n) is 4.88. The summed E-state index contributed by atoms with van der Waals surface area (Å²) in [5.74, 6) is -1.39. The van der Waals surface area contributed by atoms with Crippen LogP contribution in [-0.2, 0) is 16.0 Å². The van der Waals surface area contributed by atoms with Gasteiger partial charge in [0.2, 0.25) is 0 Å². The summed E-state index contributed by atoms with van der Waals surface area (Å²) in [6.45, 7) is 0. The molecule has 0 aromatic carbocycles. The number of nitrogens with zero attached hydrogens (tertiary/aromatic N) is 2. The number of aromatic carboxylic acids is 1. The first-order valence-corrected chi connectivity index (χ1v) is 4.88. The van der Waals surface area contributed by atoms with Crippen LogP contribution in [0.4, 0.5) is 0 Å². The van der Waals surface area contributed by atoms with Gasteiger partial charge in [0.05, 0.1) is 24.8 Å². The highest BCUT2D eigenvalue weighted by Gasteiger charge is 2.09. The Bertz CT molecular complexity index is 588. The number of rotatable bonds is 3. The molecule has 2 heterocycles. The maximum absolute atomic E-state index is 11.1. The maximum Gasteiger partial charge on any atom is 0.335 e. The largest absolute Gasteiger partial charge is 0.478 e. The third-order valence-electron chi connectivity index (χ3n) is 2.31. The van der Waals surface area contributed by atoms with Crippen molar-refractivity contribution < 1.29 is 19.4 Å². The molecule has 0 spiro atoms. The van der Waals surface area contributed by atoms with E-state index in [9.17, 15) is 9.59 Å². The lowest BCUT2D eigenvalue weighted by molar-refractivity contribution is -0.139. The second-order valence-electron chi connectivity index (χ2n) is 3.47. The van der Waals surface area contributed by atoms with Crippen LogP contribution in [0.5, 0.6) is 0 Å². The number of pyridine rings is 1. The molecule has 0 aliphatic rings. The number of methoxy groups -OCH3 is 1. The fraction of sp³-hybridized carbons (Fsp3) is 0.182. The van der Waals surface area contributed by atoms with Crippen LogP contribution in [0, 0.1) is 0 Å². The summed E-state index contributed by atoms with van der Waals surface area (Å²) in [6, 6.07) is 2.92. The Hall–Kier alpha value is -2.37. The average molecular weight is 234 g/mol. The molecule has 0 unspecified atom stereocenters. The molecule has 0 atom stereocenters. The van der Waals surface area contributed by atoms with Crippen molar-refractivity contribution in [1.29, 1.82) is 0 Å². The van der Waals surface area contributed by atoms with Gasteiger partial charge in [0.25, 0.3) is 0 Å². The molecule has 2 aromatic rings. The van der Waals surface area contributed by atoms with Gasteiger partial charge in [-0.2, -0.15) is 0 Å². The van der Waals surface area contributed by atoms with Crippen LogP contribution in [0.1, 0.15) is 16.1 Å². The summed E-state index contributed by atoms with van der Waals surface area (Å²) in [7, 11) is 1.31. The second-order valence-corrected chi connectivity index (χ2v) is 3.47. The predicted molar refractivity (Wildman–Crippen MR) is 57.9 cm³/mol. The highest BCUT2D eigenvalue weighted by atomic mass is 16.5. The van der Waals surface area contributed by atoms with Crippen LogP contribution < -0.4 is 0 Å². The number of carboxylic acids is 1. The number of carbonyl (C=O) groups excluding carboxylic acids is 1. The fourth-order valence-electron chi connectivity index (χ4n) is 1.47. The Morgan fingerprint density at radius 3 is 2.94 bits per heavy atom. The number of carboxylic acid groups (broad SMARTS) is 1. The molecule has 2 rings (SSSR count). The molecular weight excluding hydrogens is 224 g/mol. The Kier molecular flexibility index (Phi) is 2.78. The lowest BCUT2D eigenvalue weighted by Crippen LogP contribution is -2.04. The molecule has 2 aromatic heterocycles. The lowest BCUT2D eigenvalue weighted by Gasteiger charge is -1.94. The van der Waals surface area contributed by atoms with Crippen molar-refractivity contribution in [2.75, 3.05) is 7.11 Å². The first kappa shape index (κ1) is 11.1. The molecule has 0 saturated carbocycles. The molecule has 0 aliphatic heterocycles. The number of ether oxygens (including phenoxy) is 1. The van der Waals surface area contributed by atoms with E-state index in [0.29, 0.717) is 11.3 Å². The summed E-state index contributed by atoms with van der Waals surface area (Å²) >= 11 is 0. The monoisotopic (exact) mass is 234 g/mol. The van der Waals surface area contributed by atoms with Crippen molar-refractivity contribution >= 4 is 17.6 Å². The van der Waals surface area contributed by atoms with E-state index in [-0.39, 0.29) is 18.0 Å². The Balaban J connectivity index is 2.37. The van der Waals surface area contributed by atoms with Gasteiger partial charge in [-0.15, -0.1) is 0 Å². The summed E-state index contributed by atoms with van der Waals surface area (Å²) in [5, 5.41) is 8.82. The number of hydrogen-bond acceptors (Lipinski definition) is 4. The smallest absolute Gasteiger partial charge is 0.335 e. The van der Waals surface area contributed by atoms with Crippen molar-refractivity contribution in [3.63, 3.8) is 0 Å². The van der Waals surface area contributed by atoms with Crippen molar-refractivity contribution in [1.82, 2.24) is 9.38 Å². The predicted octanol–water partition coefficient (Wildman–Crippen LogP) is 0.748. The average Bonchev–Trinajstić information content (AvgIpc) is 2.69. The van der Waals surface area contributed by atoms with Gasteiger partial charge in [-0.25, -0.2) is 9.78 Å². The lowest BCUT2D eigenvalue weighted by atomic mass is 10.3. The molecular formula is C11H10N2O4. The Morgan fingerprint density at radius 2 is 2.29 bits per heavy atom. The summed E-state index contributed by atoms with van der Waals surface area (Å²) < 4.78 is 6.19. The number of carbonyl (C=O) groups is 2. The first-order chi connectivity index (χ1) is 8.10. The number of hydrogen-bond donors (Lipinski definition) is 1.